The summed E-state index contributed by atoms with van der Waals surface area (Å²) in [6, 6.07) is 2.80. The molecule has 2 aliphatic rings. The Bertz CT molecular complexity index is 1640. The number of allylic oxidation sites excluding steroid dienone is 1. The number of fused-ring (bicyclic) bond motifs is 2. The van der Waals surface area contributed by atoms with Crippen LogP contribution in [0.4, 0.5) is 13.8 Å². The van der Waals surface area contributed by atoms with Crippen LogP contribution >= 0.6 is 22.9 Å². The fraction of sp³-hybridized carbons (Fsp3) is 0.167. The molecule has 2 aromatic heterocycles. The molecule has 36 heavy (non-hydrogen) atoms. The molecule has 182 valence electrons. The van der Waals surface area contributed by atoms with Crippen molar-refractivity contribution in [3.8, 4) is 23.2 Å². The van der Waals surface area contributed by atoms with Crippen LogP contribution in [-0.4, -0.2) is 38.7 Å². The lowest BCUT2D eigenvalue weighted by molar-refractivity contribution is -0.128. The van der Waals surface area contributed by atoms with Gasteiger partial charge in [-0.1, -0.05) is 24.8 Å². The molecule has 4 heterocycles. The number of amides is 1. The molecule has 2 aliphatic heterocycles. The topological polar surface area (TPSA) is 110 Å². The van der Waals surface area contributed by atoms with Crippen molar-refractivity contribution in [3.63, 3.8) is 0 Å². The molecule has 0 saturated heterocycles. The number of anilines is 1. The van der Waals surface area contributed by atoms with Crippen molar-refractivity contribution in [2.24, 2.45) is 0 Å². The van der Waals surface area contributed by atoms with Gasteiger partial charge in [0.05, 0.1) is 33.3 Å². The van der Waals surface area contributed by atoms with E-state index in [0.717, 1.165) is 17.4 Å². The molecule has 8 nitrogen and oxygen atoms in total. The van der Waals surface area contributed by atoms with E-state index in [0.29, 0.717) is 18.2 Å². The summed E-state index contributed by atoms with van der Waals surface area (Å²) in [6.07, 6.45) is 3.47. The molecule has 1 aromatic carbocycles. The Morgan fingerprint density at radius 1 is 1.39 bits per heavy atom. The number of nitrogens with two attached hydrogens (primary N) is 1. The van der Waals surface area contributed by atoms with Crippen LogP contribution < -0.4 is 20.2 Å². The number of aromatic nitrogens is 3. The SMILES string of the molecule is C=CC(=O)N1Cc2nnc3n2C(COc2c-3cc(F)c(/C=c3\c(C#N)c(N)s\c3=C(/F)C=C)c2Cl)C1. The second-order valence-electron chi connectivity index (χ2n) is 8.05. The molecule has 0 radical (unpaired) electrons. The zero-order valence-electron chi connectivity index (χ0n) is 18.6. The van der Waals surface area contributed by atoms with Crippen molar-refractivity contribution >= 4 is 45.7 Å². The third-order valence-corrected chi connectivity index (χ3v) is 7.44. The number of halogens is 3. The van der Waals surface area contributed by atoms with E-state index in [4.69, 9.17) is 22.1 Å². The third kappa shape index (κ3) is 3.57. The minimum absolute atomic E-state index is 0.000598. The number of hydrogen-bond donors (Lipinski definition) is 1. The van der Waals surface area contributed by atoms with Gasteiger partial charge in [-0.3, -0.25) is 4.79 Å². The van der Waals surface area contributed by atoms with E-state index in [1.807, 2.05) is 10.6 Å². The monoisotopic (exact) mass is 526 g/mol. The van der Waals surface area contributed by atoms with Crippen molar-refractivity contribution in [1.82, 2.24) is 19.7 Å². The first-order chi connectivity index (χ1) is 17.3. The molecule has 0 fully saturated rings. The highest BCUT2D eigenvalue weighted by molar-refractivity contribution is 7.14. The minimum Gasteiger partial charge on any atom is -0.489 e. The van der Waals surface area contributed by atoms with Gasteiger partial charge in [0.2, 0.25) is 5.91 Å². The Morgan fingerprint density at radius 2 is 2.17 bits per heavy atom. The molecular formula is C24H17ClF2N6O2S. The van der Waals surface area contributed by atoms with Gasteiger partial charge in [-0.2, -0.15) is 5.26 Å². The first-order valence-corrected chi connectivity index (χ1v) is 11.8. The fourth-order valence-electron chi connectivity index (χ4n) is 4.36. The van der Waals surface area contributed by atoms with Gasteiger partial charge in [-0.25, -0.2) is 8.78 Å². The van der Waals surface area contributed by atoms with E-state index in [1.165, 1.54) is 18.2 Å². The summed E-state index contributed by atoms with van der Waals surface area (Å²) in [6.45, 7) is 7.58. The lowest BCUT2D eigenvalue weighted by atomic mass is 10.1. The van der Waals surface area contributed by atoms with Crippen molar-refractivity contribution in [3.05, 3.63) is 68.9 Å². The van der Waals surface area contributed by atoms with E-state index in [2.05, 4.69) is 23.4 Å². The maximum absolute atomic E-state index is 15.5. The number of benzene rings is 1. The summed E-state index contributed by atoms with van der Waals surface area (Å²) in [7, 11) is 0. The van der Waals surface area contributed by atoms with Gasteiger partial charge in [-0.05, 0) is 24.3 Å². The van der Waals surface area contributed by atoms with E-state index in [-0.39, 0.29) is 67.3 Å². The Labute approximate surface area is 212 Å². The van der Waals surface area contributed by atoms with Gasteiger partial charge in [0, 0.05) is 17.3 Å². The molecule has 3 aromatic rings. The van der Waals surface area contributed by atoms with E-state index < -0.39 is 11.6 Å². The van der Waals surface area contributed by atoms with Crippen LogP contribution in [0.3, 0.4) is 0 Å². The maximum atomic E-state index is 15.5. The lowest BCUT2D eigenvalue weighted by Crippen LogP contribution is -2.42. The lowest BCUT2D eigenvalue weighted by Gasteiger charge is -2.32. The standard InChI is InChI=1S/C24H17ClF2N6O2S/c1-3-16(26)22-12(15(7-28)23(29)36-22)5-13-17(27)6-14-21(20(13)25)35-10-11-8-32(19(34)4-2)9-18-30-31-24(14)33(11)18/h3-6,11H,1-2,8-10,29H2/b12-5+,22-16-. The van der Waals surface area contributed by atoms with Gasteiger partial charge < -0.3 is 19.9 Å². The molecular weight excluding hydrogens is 510 g/mol. The number of nitrogens with zero attached hydrogens (tertiary/aromatic N) is 5. The average molecular weight is 527 g/mol. The molecule has 1 unspecified atom stereocenters. The van der Waals surface area contributed by atoms with Crippen LogP contribution in [-0.2, 0) is 11.3 Å². The average Bonchev–Trinajstić information content (AvgIpc) is 3.39. The van der Waals surface area contributed by atoms with E-state index in [9.17, 15) is 14.4 Å². The number of rotatable bonds is 3. The maximum Gasteiger partial charge on any atom is 0.246 e. The number of thiophene rings is 1. The highest BCUT2D eigenvalue weighted by atomic mass is 35.5. The Kier molecular flexibility index (Phi) is 5.86. The summed E-state index contributed by atoms with van der Waals surface area (Å²) in [5, 5.41) is 18.1. The number of carbonyl (C=O) groups is 1. The Morgan fingerprint density at radius 3 is 2.86 bits per heavy atom. The van der Waals surface area contributed by atoms with Crippen LogP contribution in [0.1, 0.15) is 23.0 Å². The van der Waals surface area contributed by atoms with Crippen molar-refractivity contribution < 1.29 is 18.3 Å². The molecule has 12 heteroatoms. The predicted octanol–water partition coefficient (Wildman–Crippen LogP) is 2.81. The first kappa shape index (κ1) is 23.7. The molecule has 2 N–H and O–H groups in total. The van der Waals surface area contributed by atoms with Gasteiger partial charge in [0.1, 0.15) is 35.1 Å². The summed E-state index contributed by atoms with van der Waals surface area (Å²) in [4.78, 5) is 13.8. The molecule has 1 atom stereocenters. The van der Waals surface area contributed by atoms with E-state index >= 15 is 4.39 Å². The molecule has 1 amide bonds. The van der Waals surface area contributed by atoms with E-state index in [1.54, 1.807) is 4.90 Å². The molecule has 0 aliphatic carbocycles. The normalized spacial score (nSPS) is 17.3. The van der Waals surface area contributed by atoms with Crippen LogP contribution in [0.2, 0.25) is 5.02 Å². The zero-order valence-corrected chi connectivity index (χ0v) is 20.2. The van der Waals surface area contributed by atoms with Gasteiger partial charge in [0.25, 0.3) is 0 Å². The first-order valence-electron chi connectivity index (χ1n) is 10.6. The highest BCUT2D eigenvalue weighted by Crippen LogP contribution is 2.43. The number of carbonyl (C=O) groups excluding carboxylic acids is 1. The second kappa shape index (κ2) is 8.89. The zero-order chi connectivity index (χ0) is 25.7. The Hall–Kier alpha value is -4.01. The molecule has 5 rings (SSSR count). The van der Waals surface area contributed by atoms with Crippen LogP contribution in [0, 0.1) is 17.1 Å². The highest BCUT2D eigenvalue weighted by Gasteiger charge is 2.36. The van der Waals surface area contributed by atoms with Gasteiger partial charge in [-0.15, -0.1) is 21.5 Å². The summed E-state index contributed by atoms with van der Waals surface area (Å²) < 4.78 is 37.8. The largest absolute Gasteiger partial charge is 0.489 e. The summed E-state index contributed by atoms with van der Waals surface area (Å²) in [5.41, 5.74) is 6.08. The molecule has 0 bridgehead atoms. The summed E-state index contributed by atoms with van der Waals surface area (Å²) >= 11 is 7.49. The number of nitriles is 1. The number of ether oxygens (including phenoxy) is 1. The Balaban J connectivity index is 1.70. The molecule has 0 saturated carbocycles. The quantitative estimate of drug-likeness (QED) is 0.526. The second-order valence-corrected chi connectivity index (χ2v) is 9.48. The molecule has 0 spiro atoms. The number of hydrogen-bond acceptors (Lipinski definition) is 7. The fourth-order valence-corrected chi connectivity index (χ4v) is 5.59. The van der Waals surface area contributed by atoms with Crippen molar-refractivity contribution in [2.45, 2.75) is 12.6 Å². The summed E-state index contributed by atoms with van der Waals surface area (Å²) in [5.74, 6) is -0.668. The minimum atomic E-state index is -0.740. The van der Waals surface area contributed by atoms with Crippen LogP contribution in [0.25, 0.3) is 23.3 Å². The van der Waals surface area contributed by atoms with Gasteiger partial charge in [0.15, 0.2) is 11.6 Å². The van der Waals surface area contributed by atoms with Crippen LogP contribution in [0.15, 0.2) is 31.4 Å². The third-order valence-electron chi connectivity index (χ3n) is 6.02. The van der Waals surface area contributed by atoms with Crippen molar-refractivity contribution in [1.29, 1.82) is 5.26 Å². The predicted molar refractivity (Wildman–Crippen MR) is 132 cm³/mol. The smallest absolute Gasteiger partial charge is 0.246 e. The van der Waals surface area contributed by atoms with Crippen molar-refractivity contribution in [2.75, 3.05) is 18.9 Å². The number of nitrogen functional groups attached to an aromatic ring is 1. The van der Waals surface area contributed by atoms with Gasteiger partial charge >= 0.3 is 0 Å². The van der Waals surface area contributed by atoms with Crippen LogP contribution in [0.5, 0.6) is 5.75 Å².